The summed E-state index contributed by atoms with van der Waals surface area (Å²) in [5.74, 6) is 0.643. The number of ether oxygens (including phenoxy) is 3. The molecular weight excluding hydrogens is 581 g/mol. The smallest absolute Gasteiger partial charge is 0.330 e. The number of aryl methyl sites for hydroxylation is 1. The molecule has 12 heteroatoms. The number of aromatic amines is 2. The van der Waals surface area contributed by atoms with Crippen molar-refractivity contribution in [1.82, 2.24) is 19.1 Å². The number of nitrogens with zero attached hydrogens (tertiary/aromatic N) is 2. The molecule has 3 fully saturated rings. The fraction of sp³-hybridized carbons (Fsp3) is 0.667. The van der Waals surface area contributed by atoms with Gasteiger partial charge in [-0.25, -0.2) is 9.59 Å². The van der Waals surface area contributed by atoms with Crippen LogP contribution < -0.4 is 22.5 Å². The van der Waals surface area contributed by atoms with Crippen LogP contribution >= 0.6 is 0 Å². The minimum absolute atomic E-state index is 0. The van der Waals surface area contributed by atoms with Crippen molar-refractivity contribution in [3.8, 4) is 0 Å². The van der Waals surface area contributed by atoms with Crippen LogP contribution in [0.25, 0.3) is 0 Å². The Hall–Kier alpha value is -1.66. The second-order valence-electron chi connectivity index (χ2n) is 10.3. The topological polar surface area (TPSA) is 137 Å². The standard InChI is InChI=1S/C15H22N2O4.C12H17N2O3.Y/c1-4-10-11-13(21-15(10,5-2)6-7-20-11)17-8-9(3)12(18)16-14(17)19;1-3-8-7-11(17-9(8)4-2)14-6-5-10(15)13-12(14)16;/h8,10-11,13H,4-7H2,1-3H3,(H,16,18,19);5-9,11H,3-4H2,1-2H3,(H,13,15,16);/q;-1;/t10?,11-,13+,15-;8?,9-,11-;/m01./s1. The number of H-pyrrole nitrogens is 2. The molecule has 7 atom stereocenters. The first-order valence-electron chi connectivity index (χ1n) is 13.6. The predicted molar refractivity (Wildman–Crippen MR) is 141 cm³/mol. The van der Waals surface area contributed by atoms with Crippen LogP contribution in [0.4, 0.5) is 0 Å². The molecule has 39 heavy (non-hydrogen) atoms. The van der Waals surface area contributed by atoms with E-state index < -0.39 is 17.6 Å². The molecule has 2 aromatic heterocycles. The van der Waals surface area contributed by atoms with E-state index >= 15 is 0 Å². The van der Waals surface area contributed by atoms with E-state index in [1.807, 2.05) is 6.42 Å². The average Bonchev–Trinajstić information content (AvgIpc) is 3.39. The molecule has 3 saturated heterocycles. The van der Waals surface area contributed by atoms with Crippen molar-refractivity contribution >= 4 is 0 Å². The van der Waals surface area contributed by atoms with E-state index in [1.165, 1.54) is 21.4 Å². The van der Waals surface area contributed by atoms with Gasteiger partial charge in [0.2, 0.25) is 0 Å². The molecule has 0 amide bonds. The molecule has 0 saturated carbocycles. The van der Waals surface area contributed by atoms with E-state index in [-0.39, 0.29) is 73.8 Å². The molecule has 5 heterocycles. The molecule has 2 unspecified atom stereocenters. The SMILES string of the molecule is CCC1[C@@H]2OCC[C@]1(CC)O[C@H]2n1cc(C)c(=O)[nH]c1=O.CCC1[CH-][C@H](n2ccc(=O)[nH]c2=O)O[C@@H]1CC.[Y]. The van der Waals surface area contributed by atoms with Crippen LogP contribution in [-0.4, -0.2) is 43.5 Å². The van der Waals surface area contributed by atoms with Gasteiger partial charge in [-0.1, -0.05) is 34.1 Å². The predicted octanol–water partition coefficient (Wildman–Crippen LogP) is 2.41. The third-order valence-corrected chi connectivity index (χ3v) is 8.21. The molecule has 3 aliphatic rings. The zero-order chi connectivity index (χ0) is 27.6. The normalized spacial score (nSPS) is 31.3. The van der Waals surface area contributed by atoms with Crippen molar-refractivity contribution in [2.75, 3.05) is 6.61 Å². The fourth-order valence-electron chi connectivity index (χ4n) is 6.07. The summed E-state index contributed by atoms with van der Waals surface area (Å²) in [6.45, 7) is 10.8. The monoisotopic (exact) mass is 620 g/mol. The van der Waals surface area contributed by atoms with Crippen molar-refractivity contribution in [2.45, 2.75) is 97.0 Å². The van der Waals surface area contributed by atoms with Crippen LogP contribution in [0.15, 0.2) is 37.6 Å². The average molecular weight is 621 g/mol. The van der Waals surface area contributed by atoms with Gasteiger partial charge in [0.15, 0.2) is 6.23 Å². The van der Waals surface area contributed by atoms with E-state index in [1.54, 1.807) is 13.1 Å². The van der Waals surface area contributed by atoms with Crippen LogP contribution in [-0.2, 0) is 46.9 Å². The first kappa shape index (κ1) is 31.9. The summed E-state index contributed by atoms with van der Waals surface area (Å²) in [4.78, 5) is 50.8. The van der Waals surface area contributed by atoms with E-state index in [0.29, 0.717) is 18.1 Å². The zero-order valence-corrected chi connectivity index (χ0v) is 26.2. The third kappa shape index (κ3) is 6.32. The number of nitrogens with one attached hydrogen (secondary N) is 2. The van der Waals surface area contributed by atoms with E-state index in [0.717, 1.165) is 32.1 Å². The van der Waals surface area contributed by atoms with E-state index in [4.69, 9.17) is 14.2 Å². The van der Waals surface area contributed by atoms with Crippen molar-refractivity contribution in [2.24, 2.45) is 11.8 Å². The van der Waals surface area contributed by atoms with Gasteiger partial charge >= 0.3 is 11.4 Å². The van der Waals surface area contributed by atoms with Crippen molar-refractivity contribution in [3.63, 3.8) is 0 Å². The molecule has 0 spiro atoms. The maximum absolute atomic E-state index is 12.1. The Bertz CT molecular complexity index is 1340. The van der Waals surface area contributed by atoms with Gasteiger partial charge in [0.05, 0.1) is 5.60 Å². The zero-order valence-electron chi connectivity index (χ0n) is 23.3. The van der Waals surface area contributed by atoms with Gasteiger partial charge in [0.25, 0.3) is 11.1 Å². The molecule has 1 radical (unpaired) electrons. The summed E-state index contributed by atoms with van der Waals surface area (Å²) >= 11 is 0. The summed E-state index contributed by atoms with van der Waals surface area (Å²) in [7, 11) is 0. The number of aromatic nitrogens is 4. The van der Waals surface area contributed by atoms with Crippen LogP contribution in [0.1, 0.15) is 77.8 Å². The van der Waals surface area contributed by atoms with Gasteiger partial charge in [-0.05, 0) is 26.2 Å². The fourth-order valence-corrected chi connectivity index (χ4v) is 6.07. The summed E-state index contributed by atoms with van der Waals surface area (Å²) in [5.41, 5.74) is -1.32. The molecule has 0 aromatic carbocycles. The first-order chi connectivity index (χ1) is 18.2. The Morgan fingerprint density at radius 3 is 2.31 bits per heavy atom. The number of rotatable bonds is 6. The Kier molecular flexibility index (Phi) is 10.9. The van der Waals surface area contributed by atoms with Gasteiger partial charge in [-0.15, -0.1) is 5.92 Å². The second kappa shape index (κ2) is 13.3. The molecule has 213 valence electrons. The van der Waals surface area contributed by atoms with Crippen molar-refractivity contribution in [3.05, 3.63) is 72.1 Å². The van der Waals surface area contributed by atoms with Crippen LogP contribution in [0, 0.1) is 25.2 Å². The van der Waals surface area contributed by atoms with E-state index in [2.05, 4.69) is 37.7 Å². The molecule has 2 bridgehead atoms. The summed E-state index contributed by atoms with van der Waals surface area (Å²) in [6.07, 6.45) is 8.91. The molecule has 11 nitrogen and oxygen atoms in total. The first-order valence-corrected chi connectivity index (χ1v) is 13.6. The molecular formula is C27H39N4O7Y-. The maximum Gasteiger partial charge on any atom is 0.330 e. The summed E-state index contributed by atoms with van der Waals surface area (Å²) < 4.78 is 20.9. The quantitative estimate of drug-likeness (QED) is 0.474. The van der Waals surface area contributed by atoms with Gasteiger partial charge in [-0.3, -0.25) is 30.5 Å². The second-order valence-corrected chi connectivity index (χ2v) is 10.3. The van der Waals surface area contributed by atoms with Crippen LogP contribution in [0.3, 0.4) is 0 Å². The van der Waals surface area contributed by atoms with Gasteiger partial charge < -0.3 is 18.8 Å². The summed E-state index contributed by atoms with van der Waals surface area (Å²) in [6, 6.07) is 1.33. The largest absolute Gasteiger partial charge is 0.389 e. The van der Waals surface area contributed by atoms with Gasteiger partial charge in [0, 0.05) is 88.0 Å². The van der Waals surface area contributed by atoms with Crippen LogP contribution in [0.2, 0.25) is 0 Å². The number of hydrogen-bond acceptors (Lipinski definition) is 7. The summed E-state index contributed by atoms with van der Waals surface area (Å²) in [5, 5.41) is 0. The number of hydrogen-bond donors (Lipinski definition) is 2. The Balaban J connectivity index is 0.000000215. The molecule has 0 aliphatic carbocycles. The maximum atomic E-state index is 12.1. The Labute approximate surface area is 252 Å². The van der Waals surface area contributed by atoms with Crippen LogP contribution in [0.5, 0.6) is 0 Å². The Morgan fingerprint density at radius 2 is 1.74 bits per heavy atom. The van der Waals surface area contributed by atoms with Crippen molar-refractivity contribution < 1.29 is 46.9 Å². The Morgan fingerprint density at radius 1 is 1.03 bits per heavy atom. The third-order valence-electron chi connectivity index (χ3n) is 8.21. The van der Waals surface area contributed by atoms with Gasteiger partial charge in [0.1, 0.15) is 6.10 Å². The minimum Gasteiger partial charge on any atom is -0.389 e. The molecule has 5 rings (SSSR count). The molecule has 2 aromatic rings. The molecule has 2 N–H and O–H groups in total. The molecule has 3 aliphatic heterocycles. The van der Waals surface area contributed by atoms with E-state index in [9.17, 15) is 19.2 Å². The van der Waals surface area contributed by atoms with Gasteiger partial charge in [-0.2, -0.15) is 0 Å². The number of fused-ring (bicyclic) bond motifs is 2. The van der Waals surface area contributed by atoms with Crippen molar-refractivity contribution in [1.29, 1.82) is 0 Å². The minimum atomic E-state index is -0.458.